The Hall–Kier alpha value is -2.02. The number of amides is 1. The van der Waals surface area contributed by atoms with Crippen molar-refractivity contribution in [1.29, 1.82) is 0 Å². The second-order valence-electron chi connectivity index (χ2n) is 6.26. The first kappa shape index (κ1) is 20.0. The number of nitrogens with one attached hydrogen (secondary N) is 2. The van der Waals surface area contributed by atoms with E-state index in [-0.39, 0.29) is 12.5 Å². The average Bonchev–Trinajstić information content (AvgIpc) is 2.84. The van der Waals surface area contributed by atoms with Gasteiger partial charge in [-0.05, 0) is 33.8 Å². The topological polar surface area (TPSA) is 90.1 Å². The normalized spacial score (nSPS) is 14.2. The standard InChI is InChI=1S/C17H30N4O3/c1-7-18-16(19-9-8-15(22)21(5)6)20-11-17(4,23)14-10-12(2)24-13(14)3/h10,23H,7-9,11H2,1-6H3,(H2,18,19,20). The maximum Gasteiger partial charge on any atom is 0.223 e. The van der Waals surface area contributed by atoms with Gasteiger partial charge in [0.05, 0.1) is 6.54 Å². The molecule has 1 unspecified atom stereocenters. The van der Waals surface area contributed by atoms with Crippen LogP contribution in [0.25, 0.3) is 0 Å². The zero-order chi connectivity index (χ0) is 18.3. The average molecular weight is 338 g/mol. The fourth-order valence-electron chi connectivity index (χ4n) is 2.34. The lowest BCUT2D eigenvalue weighted by molar-refractivity contribution is -0.128. The van der Waals surface area contributed by atoms with Gasteiger partial charge in [-0.1, -0.05) is 0 Å². The third kappa shape index (κ3) is 5.88. The molecule has 0 aliphatic carbocycles. The van der Waals surface area contributed by atoms with Crippen LogP contribution in [0.5, 0.6) is 0 Å². The van der Waals surface area contributed by atoms with Crippen molar-refractivity contribution in [1.82, 2.24) is 15.5 Å². The Kier molecular flexibility index (Phi) is 7.28. The van der Waals surface area contributed by atoms with Crippen LogP contribution in [0.15, 0.2) is 15.5 Å². The molecule has 0 saturated carbocycles. The first-order valence-corrected chi connectivity index (χ1v) is 8.19. The van der Waals surface area contributed by atoms with Crippen LogP contribution in [0.1, 0.15) is 37.4 Å². The third-order valence-corrected chi connectivity index (χ3v) is 3.64. The summed E-state index contributed by atoms with van der Waals surface area (Å²) in [5.41, 5.74) is -0.383. The monoisotopic (exact) mass is 338 g/mol. The van der Waals surface area contributed by atoms with E-state index in [2.05, 4.69) is 15.6 Å². The number of guanidine groups is 1. The van der Waals surface area contributed by atoms with Gasteiger partial charge in [-0.3, -0.25) is 4.79 Å². The van der Waals surface area contributed by atoms with Crippen molar-refractivity contribution in [2.45, 2.75) is 39.7 Å². The summed E-state index contributed by atoms with van der Waals surface area (Å²) in [5, 5.41) is 16.9. The molecular formula is C17H30N4O3. The molecule has 7 heteroatoms. The van der Waals surface area contributed by atoms with Gasteiger partial charge in [-0.2, -0.15) is 0 Å². The van der Waals surface area contributed by atoms with Gasteiger partial charge in [0.15, 0.2) is 5.96 Å². The molecule has 3 N–H and O–H groups in total. The molecule has 1 amide bonds. The molecule has 0 radical (unpaired) electrons. The number of hydrogen-bond donors (Lipinski definition) is 3. The van der Waals surface area contributed by atoms with Gasteiger partial charge in [0.2, 0.25) is 5.91 Å². The molecule has 0 fully saturated rings. The second kappa shape index (κ2) is 8.73. The Balaban J connectivity index is 2.70. The second-order valence-corrected chi connectivity index (χ2v) is 6.26. The molecule has 1 rings (SSSR count). The van der Waals surface area contributed by atoms with E-state index in [1.165, 1.54) is 0 Å². The molecule has 24 heavy (non-hydrogen) atoms. The molecule has 0 saturated heterocycles. The summed E-state index contributed by atoms with van der Waals surface area (Å²) in [7, 11) is 3.46. The molecule has 0 aliphatic heterocycles. The lowest BCUT2D eigenvalue weighted by Crippen LogP contribution is -2.40. The van der Waals surface area contributed by atoms with Crippen LogP contribution in [0.3, 0.4) is 0 Å². The highest BCUT2D eigenvalue weighted by molar-refractivity contribution is 5.81. The molecule has 136 valence electrons. The van der Waals surface area contributed by atoms with Crippen molar-refractivity contribution in [3.8, 4) is 0 Å². The fraction of sp³-hybridized carbons (Fsp3) is 0.647. The Labute approximate surface area is 144 Å². The summed E-state index contributed by atoms with van der Waals surface area (Å²) in [4.78, 5) is 17.6. The number of aliphatic imine (C=N–C) groups is 1. The minimum Gasteiger partial charge on any atom is -0.466 e. The summed E-state index contributed by atoms with van der Waals surface area (Å²) in [6, 6.07) is 1.83. The van der Waals surface area contributed by atoms with Crippen molar-refractivity contribution in [3.05, 3.63) is 23.2 Å². The van der Waals surface area contributed by atoms with Gasteiger partial charge in [0.1, 0.15) is 17.1 Å². The third-order valence-electron chi connectivity index (χ3n) is 3.64. The summed E-state index contributed by atoms with van der Waals surface area (Å²) in [6.07, 6.45) is 0.383. The van der Waals surface area contributed by atoms with Crippen molar-refractivity contribution >= 4 is 11.9 Å². The summed E-state index contributed by atoms with van der Waals surface area (Å²) in [6.45, 7) is 8.72. The van der Waals surface area contributed by atoms with Crippen LogP contribution in [0.2, 0.25) is 0 Å². The number of carbonyl (C=O) groups is 1. The number of aliphatic hydroxyl groups is 1. The largest absolute Gasteiger partial charge is 0.466 e. The molecule has 1 aromatic heterocycles. The predicted octanol–water partition coefficient (Wildman–Crippen LogP) is 1.14. The Morgan fingerprint density at radius 2 is 2.04 bits per heavy atom. The van der Waals surface area contributed by atoms with Gasteiger partial charge in [-0.15, -0.1) is 0 Å². The Morgan fingerprint density at radius 3 is 2.54 bits per heavy atom. The minimum absolute atomic E-state index is 0.0508. The van der Waals surface area contributed by atoms with Crippen molar-refractivity contribution < 1.29 is 14.3 Å². The van der Waals surface area contributed by atoms with Gasteiger partial charge >= 0.3 is 0 Å². The zero-order valence-corrected chi connectivity index (χ0v) is 15.6. The van der Waals surface area contributed by atoms with E-state index in [0.29, 0.717) is 31.2 Å². The zero-order valence-electron chi connectivity index (χ0n) is 15.6. The lowest BCUT2D eigenvalue weighted by atomic mass is 9.96. The summed E-state index contributed by atoms with van der Waals surface area (Å²) in [5.74, 6) is 2.08. The van der Waals surface area contributed by atoms with E-state index in [0.717, 1.165) is 11.3 Å². The quantitative estimate of drug-likeness (QED) is 0.512. The molecule has 0 aromatic carbocycles. The van der Waals surface area contributed by atoms with E-state index in [1.54, 1.807) is 25.9 Å². The molecular weight excluding hydrogens is 308 g/mol. The molecule has 0 aliphatic rings. The maximum atomic E-state index is 11.6. The molecule has 0 bridgehead atoms. The molecule has 1 heterocycles. The number of hydrogen-bond acceptors (Lipinski definition) is 4. The van der Waals surface area contributed by atoms with Gasteiger partial charge in [-0.25, -0.2) is 4.99 Å². The molecule has 7 nitrogen and oxygen atoms in total. The van der Waals surface area contributed by atoms with E-state index < -0.39 is 5.60 Å². The number of rotatable bonds is 7. The number of furan rings is 1. The molecule has 1 atom stereocenters. The smallest absolute Gasteiger partial charge is 0.223 e. The van der Waals surface area contributed by atoms with Crippen LogP contribution in [-0.2, 0) is 10.4 Å². The van der Waals surface area contributed by atoms with Crippen LogP contribution >= 0.6 is 0 Å². The van der Waals surface area contributed by atoms with E-state index in [9.17, 15) is 9.90 Å². The predicted molar refractivity (Wildman–Crippen MR) is 95.0 cm³/mol. The highest BCUT2D eigenvalue weighted by Gasteiger charge is 2.27. The number of nitrogens with zero attached hydrogens (tertiary/aromatic N) is 2. The van der Waals surface area contributed by atoms with Crippen LogP contribution in [0.4, 0.5) is 0 Å². The van der Waals surface area contributed by atoms with Crippen molar-refractivity contribution in [2.75, 3.05) is 33.7 Å². The van der Waals surface area contributed by atoms with E-state index >= 15 is 0 Å². The van der Waals surface area contributed by atoms with Crippen molar-refractivity contribution in [2.24, 2.45) is 4.99 Å². The highest BCUT2D eigenvalue weighted by atomic mass is 16.3. The van der Waals surface area contributed by atoms with Crippen molar-refractivity contribution in [3.63, 3.8) is 0 Å². The Bertz CT molecular complexity index is 576. The maximum absolute atomic E-state index is 11.6. The van der Waals surface area contributed by atoms with E-state index in [1.807, 2.05) is 26.8 Å². The van der Waals surface area contributed by atoms with Gasteiger partial charge in [0, 0.05) is 39.2 Å². The number of carbonyl (C=O) groups excluding carboxylic acids is 1. The summed E-state index contributed by atoms with van der Waals surface area (Å²) < 4.78 is 5.49. The molecule has 1 aromatic rings. The summed E-state index contributed by atoms with van der Waals surface area (Å²) >= 11 is 0. The van der Waals surface area contributed by atoms with E-state index in [4.69, 9.17) is 4.42 Å². The van der Waals surface area contributed by atoms with Crippen LogP contribution < -0.4 is 10.6 Å². The SMILES string of the molecule is CCNC(=NCC(C)(O)c1cc(C)oc1C)NCCC(=O)N(C)C. The molecule has 0 spiro atoms. The fourth-order valence-corrected chi connectivity index (χ4v) is 2.34. The first-order valence-electron chi connectivity index (χ1n) is 8.19. The number of aryl methyl sites for hydroxylation is 2. The Morgan fingerprint density at radius 1 is 1.38 bits per heavy atom. The van der Waals surface area contributed by atoms with Crippen LogP contribution in [-0.4, -0.2) is 55.6 Å². The van der Waals surface area contributed by atoms with Gasteiger partial charge in [0.25, 0.3) is 0 Å². The lowest BCUT2D eigenvalue weighted by Gasteiger charge is -2.21. The van der Waals surface area contributed by atoms with Gasteiger partial charge < -0.3 is 25.1 Å². The minimum atomic E-state index is -1.12. The first-order chi connectivity index (χ1) is 11.2. The highest BCUT2D eigenvalue weighted by Crippen LogP contribution is 2.27. The van der Waals surface area contributed by atoms with Crippen LogP contribution in [0, 0.1) is 13.8 Å².